The summed E-state index contributed by atoms with van der Waals surface area (Å²) in [5, 5.41) is 9.55. The fraction of sp³-hybridized carbons (Fsp3) is 0.333. The Morgan fingerprint density at radius 1 is 1.32 bits per heavy atom. The van der Waals surface area contributed by atoms with E-state index in [1.807, 2.05) is 11.9 Å². The zero-order valence-electron chi connectivity index (χ0n) is 12.0. The van der Waals surface area contributed by atoms with E-state index in [0.717, 1.165) is 5.56 Å². The van der Waals surface area contributed by atoms with Crippen LogP contribution in [0.1, 0.15) is 23.1 Å². The Morgan fingerprint density at radius 2 is 2.05 bits per heavy atom. The van der Waals surface area contributed by atoms with E-state index in [-0.39, 0.29) is 18.4 Å². The van der Waals surface area contributed by atoms with Crippen molar-refractivity contribution < 1.29 is 17.9 Å². The van der Waals surface area contributed by atoms with Gasteiger partial charge in [-0.25, -0.2) is 8.42 Å². The van der Waals surface area contributed by atoms with Crippen LogP contribution in [0, 0.1) is 0 Å². The molecule has 5 nitrogen and oxygen atoms in total. The lowest BCUT2D eigenvalue weighted by Crippen LogP contribution is -2.25. The molecular formula is C15H16ClNO4S. The summed E-state index contributed by atoms with van der Waals surface area (Å²) in [4.78, 5) is 2.27. The lowest BCUT2D eigenvalue weighted by atomic mass is 10.1. The third kappa shape index (κ3) is 2.79. The smallest absolute Gasteiger partial charge is 0.180 e. The molecule has 2 heterocycles. The summed E-state index contributed by atoms with van der Waals surface area (Å²) in [5.74, 6) is 1.21. The first-order valence-corrected chi connectivity index (χ1v) is 8.84. The van der Waals surface area contributed by atoms with Gasteiger partial charge in [0.2, 0.25) is 0 Å². The van der Waals surface area contributed by atoms with Gasteiger partial charge in [-0.15, -0.1) is 0 Å². The van der Waals surface area contributed by atoms with Crippen LogP contribution in [0.2, 0.25) is 5.02 Å². The van der Waals surface area contributed by atoms with Crippen LogP contribution in [0.5, 0.6) is 0 Å². The molecule has 0 aliphatic carbocycles. The number of halogens is 1. The highest BCUT2D eigenvalue weighted by molar-refractivity contribution is 7.91. The minimum absolute atomic E-state index is 0.0345. The van der Waals surface area contributed by atoms with Crippen LogP contribution in [0.15, 0.2) is 39.6 Å². The van der Waals surface area contributed by atoms with Crippen molar-refractivity contribution in [2.24, 2.45) is 0 Å². The second kappa shape index (κ2) is 5.70. The van der Waals surface area contributed by atoms with Gasteiger partial charge in [0.1, 0.15) is 18.1 Å². The van der Waals surface area contributed by atoms with E-state index in [1.165, 1.54) is 0 Å². The Hall–Kier alpha value is -1.34. The summed E-state index contributed by atoms with van der Waals surface area (Å²) in [6, 6.07) is 8.10. The molecule has 0 amide bonds. The van der Waals surface area contributed by atoms with Crippen LogP contribution < -0.4 is 0 Å². The van der Waals surface area contributed by atoms with E-state index in [9.17, 15) is 8.42 Å². The van der Waals surface area contributed by atoms with E-state index >= 15 is 0 Å². The molecule has 22 heavy (non-hydrogen) atoms. The molecule has 1 N–H and O–H groups in total. The van der Waals surface area contributed by atoms with Crippen LogP contribution in [0.25, 0.3) is 0 Å². The van der Waals surface area contributed by atoms with Crippen molar-refractivity contribution in [2.75, 3.05) is 12.8 Å². The average Bonchev–Trinajstić information content (AvgIpc) is 3.01. The van der Waals surface area contributed by atoms with Gasteiger partial charge in [0.15, 0.2) is 9.84 Å². The number of rotatable bonds is 4. The third-order valence-electron chi connectivity index (χ3n) is 3.85. The molecule has 0 spiro atoms. The number of sulfone groups is 1. The molecule has 0 saturated heterocycles. The number of fused-ring (bicyclic) bond motifs is 1. The number of hydrogen-bond donors (Lipinski definition) is 1. The quantitative estimate of drug-likeness (QED) is 0.924. The summed E-state index contributed by atoms with van der Waals surface area (Å²) in [6.45, 7) is 0.298. The molecule has 0 saturated carbocycles. The van der Waals surface area contributed by atoms with E-state index in [2.05, 4.69) is 0 Å². The van der Waals surface area contributed by atoms with Gasteiger partial charge in [-0.3, -0.25) is 4.90 Å². The maximum atomic E-state index is 12.3. The largest absolute Gasteiger partial charge is 0.462 e. The molecule has 1 aliphatic rings. The molecular weight excluding hydrogens is 326 g/mol. The molecule has 2 aromatic rings. The first kappa shape index (κ1) is 15.6. The zero-order chi connectivity index (χ0) is 15.9. The molecule has 0 radical (unpaired) electrons. The lowest BCUT2D eigenvalue weighted by molar-refractivity contribution is 0.214. The minimum atomic E-state index is -3.28. The highest BCUT2D eigenvalue weighted by Gasteiger charge is 2.37. The number of nitrogens with zero attached hydrogens (tertiary/aromatic N) is 1. The van der Waals surface area contributed by atoms with E-state index in [1.54, 1.807) is 30.3 Å². The van der Waals surface area contributed by atoms with Gasteiger partial charge < -0.3 is 9.52 Å². The predicted octanol–water partition coefficient (Wildman–Crippen LogP) is 2.39. The van der Waals surface area contributed by atoms with Crippen LogP contribution in [-0.2, 0) is 23.0 Å². The second-order valence-corrected chi connectivity index (χ2v) is 7.86. The number of hydrogen-bond acceptors (Lipinski definition) is 5. The monoisotopic (exact) mass is 341 g/mol. The molecule has 1 aliphatic heterocycles. The molecule has 1 atom stereocenters. The summed E-state index contributed by atoms with van der Waals surface area (Å²) in [5.41, 5.74) is 0.726. The normalized spacial score (nSPS) is 19.5. The van der Waals surface area contributed by atoms with Crippen molar-refractivity contribution >= 4 is 21.4 Å². The third-order valence-corrected chi connectivity index (χ3v) is 5.89. The molecule has 1 aromatic carbocycles. The van der Waals surface area contributed by atoms with Gasteiger partial charge in [0.25, 0.3) is 0 Å². The maximum Gasteiger partial charge on any atom is 0.180 e. The minimum Gasteiger partial charge on any atom is -0.462 e. The second-order valence-electron chi connectivity index (χ2n) is 5.42. The van der Waals surface area contributed by atoms with Gasteiger partial charge >= 0.3 is 0 Å². The van der Waals surface area contributed by atoms with Gasteiger partial charge in [-0.2, -0.15) is 0 Å². The maximum absolute atomic E-state index is 12.3. The summed E-state index contributed by atoms with van der Waals surface area (Å²) in [7, 11) is -1.43. The average molecular weight is 342 g/mol. The number of aliphatic hydroxyl groups is 1. The topological polar surface area (TPSA) is 70.8 Å². The number of furan rings is 1. The van der Waals surface area contributed by atoms with Crippen molar-refractivity contribution in [1.82, 2.24) is 4.90 Å². The van der Waals surface area contributed by atoms with Gasteiger partial charge in [-0.05, 0) is 42.9 Å². The Labute approximate surface area is 134 Å². The standard InChI is InChI=1S/C15H16ClNO4S/c1-17(7-11-3-4-12(8-18)21-11)14-9-22(19,20)15-5-2-10(16)6-13(14)15/h2-6,14,18H,7-9H2,1H3. The predicted molar refractivity (Wildman–Crippen MR) is 82.3 cm³/mol. The zero-order valence-corrected chi connectivity index (χ0v) is 13.6. The highest BCUT2D eigenvalue weighted by Crippen LogP contribution is 2.38. The van der Waals surface area contributed by atoms with E-state index < -0.39 is 9.84 Å². The number of aliphatic hydroxyl groups excluding tert-OH is 1. The molecule has 3 rings (SSSR count). The van der Waals surface area contributed by atoms with Crippen molar-refractivity contribution in [3.8, 4) is 0 Å². The van der Waals surface area contributed by atoms with Crippen molar-refractivity contribution in [3.05, 3.63) is 52.4 Å². The molecule has 1 aromatic heterocycles. The van der Waals surface area contributed by atoms with E-state index in [0.29, 0.717) is 28.0 Å². The van der Waals surface area contributed by atoms with Crippen LogP contribution in [0.4, 0.5) is 0 Å². The summed E-state index contributed by atoms with van der Waals surface area (Å²) < 4.78 is 30.0. The van der Waals surface area contributed by atoms with Crippen molar-refractivity contribution in [3.63, 3.8) is 0 Å². The Kier molecular flexibility index (Phi) is 4.03. The fourth-order valence-electron chi connectivity index (χ4n) is 2.76. The lowest BCUT2D eigenvalue weighted by Gasteiger charge is -2.23. The van der Waals surface area contributed by atoms with Crippen molar-refractivity contribution in [1.29, 1.82) is 0 Å². The Balaban J connectivity index is 1.88. The molecule has 0 bridgehead atoms. The number of benzene rings is 1. The summed E-state index contributed by atoms with van der Waals surface area (Å²) in [6.07, 6.45) is 0. The van der Waals surface area contributed by atoms with Gasteiger partial charge in [0, 0.05) is 5.02 Å². The van der Waals surface area contributed by atoms with E-state index in [4.69, 9.17) is 21.1 Å². The van der Waals surface area contributed by atoms with Crippen LogP contribution in [-0.4, -0.2) is 31.2 Å². The van der Waals surface area contributed by atoms with Crippen molar-refractivity contribution in [2.45, 2.75) is 24.1 Å². The first-order valence-electron chi connectivity index (χ1n) is 6.81. The Bertz CT molecular complexity index is 800. The highest BCUT2D eigenvalue weighted by atomic mass is 35.5. The van der Waals surface area contributed by atoms with Crippen LogP contribution >= 0.6 is 11.6 Å². The molecule has 7 heteroatoms. The molecule has 1 unspecified atom stereocenters. The van der Waals surface area contributed by atoms with Gasteiger partial charge in [0.05, 0.1) is 23.2 Å². The fourth-order valence-corrected chi connectivity index (χ4v) is 4.80. The SMILES string of the molecule is CN(Cc1ccc(CO)o1)C1CS(=O)(=O)c2ccc(Cl)cc21. The molecule has 118 valence electrons. The molecule has 0 fully saturated rings. The first-order chi connectivity index (χ1) is 10.4. The van der Waals surface area contributed by atoms with Gasteiger partial charge in [-0.1, -0.05) is 11.6 Å². The summed E-state index contributed by atoms with van der Waals surface area (Å²) >= 11 is 6.01. The Morgan fingerprint density at radius 3 is 2.73 bits per heavy atom. The van der Waals surface area contributed by atoms with Crippen LogP contribution in [0.3, 0.4) is 0 Å².